The Hall–Kier alpha value is -2.70. The van der Waals surface area contributed by atoms with E-state index in [2.05, 4.69) is 75.9 Å². The van der Waals surface area contributed by atoms with Crippen LogP contribution in [0.5, 0.6) is 0 Å². The first-order valence-corrected chi connectivity index (χ1v) is 13.3. The fraction of sp³-hybridized carbons (Fsp3) is 0.517. The van der Waals surface area contributed by atoms with Gasteiger partial charge in [0.15, 0.2) is 0 Å². The van der Waals surface area contributed by atoms with Crippen molar-refractivity contribution in [3.8, 4) is 0 Å². The van der Waals surface area contributed by atoms with Crippen molar-refractivity contribution < 1.29 is 9.59 Å². The van der Waals surface area contributed by atoms with Crippen molar-refractivity contribution in [3.05, 3.63) is 70.8 Å². The van der Waals surface area contributed by atoms with Gasteiger partial charge in [-0.3, -0.25) is 19.4 Å². The van der Waals surface area contributed by atoms with Gasteiger partial charge in [-0.25, -0.2) is 0 Å². The van der Waals surface area contributed by atoms with Gasteiger partial charge in [0.2, 0.25) is 11.8 Å². The molecule has 0 radical (unpaired) electrons. The summed E-state index contributed by atoms with van der Waals surface area (Å²) in [4.78, 5) is 30.2. The zero-order valence-corrected chi connectivity index (χ0v) is 20.8. The largest absolute Gasteiger partial charge is 0.348 e. The molecule has 0 bridgehead atoms. The van der Waals surface area contributed by atoms with E-state index in [4.69, 9.17) is 0 Å². The molecule has 3 aliphatic rings. The van der Waals surface area contributed by atoms with E-state index in [0.717, 1.165) is 58.2 Å². The predicted molar refractivity (Wildman–Crippen MR) is 138 cm³/mol. The van der Waals surface area contributed by atoms with Gasteiger partial charge in [-0.2, -0.15) is 0 Å². The molecule has 0 saturated carbocycles. The molecule has 2 N–H and O–H groups in total. The van der Waals surface area contributed by atoms with Gasteiger partial charge in [0.05, 0.1) is 25.2 Å². The Morgan fingerprint density at radius 3 is 1.91 bits per heavy atom. The van der Waals surface area contributed by atoms with Gasteiger partial charge < -0.3 is 10.6 Å². The van der Waals surface area contributed by atoms with E-state index in [1.54, 1.807) is 0 Å². The van der Waals surface area contributed by atoms with Gasteiger partial charge in [-0.15, -0.1) is 0 Å². The summed E-state index contributed by atoms with van der Waals surface area (Å²) in [5.74, 6) is 0.196. The van der Waals surface area contributed by atoms with E-state index < -0.39 is 0 Å². The highest BCUT2D eigenvalue weighted by molar-refractivity contribution is 5.79. The second-order valence-corrected chi connectivity index (χ2v) is 10.5. The molecule has 3 atom stereocenters. The molecule has 6 nitrogen and oxygen atoms in total. The molecule has 2 aromatic rings. The SMILES string of the molecule is CC1CN(CC(=O)NC2CCCc3ccccc32)CCN1CC(=O)NC1CCCc2ccccc21. The Labute approximate surface area is 209 Å². The summed E-state index contributed by atoms with van der Waals surface area (Å²) in [5, 5.41) is 6.56. The lowest BCUT2D eigenvalue weighted by atomic mass is 9.88. The van der Waals surface area contributed by atoms with Crippen molar-refractivity contribution in [1.29, 1.82) is 0 Å². The predicted octanol–water partition coefficient (Wildman–Crippen LogP) is 3.38. The van der Waals surface area contributed by atoms with Crippen LogP contribution in [0.25, 0.3) is 0 Å². The number of hydrogen-bond acceptors (Lipinski definition) is 4. The average Bonchev–Trinajstić information content (AvgIpc) is 2.86. The van der Waals surface area contributed by atoms with Crippen LogP contribution in [-0.4, -0.2) is 60.4 Å². The fourth-order valence-electron chi connectivity index (χ4n) is 6.12. The number of amides is 2. The molecule has 1 fully saturated rings. The summed E-state index contributed by atoms with van der Waals surface area (Å²) in [6.07, 6.45) is 6.45. The number of fused-ring (bicyclic) bond motifs is 2. The first-order valence-electron chi connectivity index (χ1n) is 13.3. The first-order chi connectivity index (χ1) is 17.1. The van der Waals surface area contributed by atoms with Gasteiger partial charge in [-0.1, -0.05) is 48.5 Å². The van der Waals surface area contributed by atoms with Crippen LogP contribution in [0.4, 0.5) is 0 Å². The van der Waals surface area contributed by atoms with Crippen LogP contribution in [-0.2, 0) is 22.4 Å². The minimum Gasteiger partial charge on any atom is -0.348 e. The van der Waals surface area contributed by atoms with Gasteiger partial charge in [0, 0.05) is 25.7 Å². The van der Waals surface area contributed by atoms with Crippen LogP contribution >= 0.6 is 0 Å². The summed E-state index contributed by atoms with van der Waals surface area (Å²) in [7, 11) is 0. The van der Waals surface area contributed by atoms with Gasteiger partial charge >= 0.3 is 0 Å². The van der Waals surface area contributed by atoms with E-state index >= 15 is 0 Å². The topological polar surface area (TPSA) is 64.7 Å². The Kier molecular flexibility index (Phi) is 7.49. The smallest absolute Gasteiger partial charge is 0.234 e. The fourth-order valence-corrected chi connectivity index (χ4v) is 6.12. The zero-order chi connectivity index (χ0) is 24.2. The van der Waals surface area contributed by atoms with E-state index in [9.17, 15) is 9.59 Å². The quantitative estimate of drug-likeness (QED) is 0.674. The second-order valence-electron chi connectivity index (χ2n) is 10.5. The number of carbonyl (C=O) groups is 2. The van der Waals surface area contributed by atoms with Gasteiger partial charge in [-0.05, 0) is 67.7 Å². The minimum absolute atomic E-state index is 0.0979. The molecule has 1 heterocycles. The Morgan fingerprint density at radius 1 is 0.800 bits per heavy atom. The maximum atomic E-state index is 12.9. The molecule has 6 heteroatoms. The van der Waals surface area contributed by atoms with Crippen LogP contribution in [0, 0.1) is 0 Å². The van der Waals surface area contributed by atoms with Crippen LogP contribution in [0.1, 0.15) is 66.9 Å². The monoisotopic (exact) mass is 474 g/mol. The number of nitrogens with zero attached hydrogens (tertiary/aromatic N) is 2. The summed E-state index contributed by atoms with van der Waals surface area (Å²) >= 11 is 0. The maximum absolute atomic E-state index is 12.9. The molecule has 2 aromatic carbocycles. The molecule has 1 saturated heterocycles. The number of nitrogens with one attached hydrogen (secondary N) is 2. The van der Waals surface area contributed by atoms with Gasteiger partial charge in [0.25, 0.3) is 0 Å². The van der Waals surface area contributed by atoms with Crippen molar-refractivity contribution in [2.24, 2.45) is 0 Å². The van der Waals surface area contributed by atoms with Gasteiger partial charge in [0.1, 0.15) is 0 Å². The van der Waals surface area contributed by atoms with Crippen molar-refractivity contribution in [2.45, 2.75) is 63.6 Å². The third-order valence-electron chi connectivity index (χ3n) is 7.97. The second kappa shape index (κ2) is 10.9. The lowest BCUT2D eigenvalue weighted by molar-refractivity contribution is -0.126. The van der Waals surface area contributed by atoms with E-state index in [1.807, 2.05) is 0 Å². The van der Waals surface area contributed by atoms with Crippen LogP contribution in [0.2, 0.25) is 0 Å². The maximum Gasteiger partial charge on any atom is 0.234 e. The van der Waals surface area contributed by atoms with Crippen molar-refractivity contribution in [3.63, 3.8) is 0 Å². The lowest BCUT2D eigenvalue weighted by Crippen LogP contribution is -2.56. The normalized spacial score (nSPS) is 24.8. The van der Waals surface area contributed by atoms with E-state index in [1.165, 1.54) is 22.3 Å². The Balaban J connectivity index is 1.09. The molecule has 2 amide bonds. The molecule has 1 aliphatic heterocycles. The van der Waals surface area contributed by atoms with Crippen LogP contribution < -0.4 is 10.6 Å². The van der Waals surface area contributed by atoms with Crippen LogP contribution in [0.15, 0.2) is 48.5 Å². The van der Waals surface area contributed by atoms with Crippen LogP contribution in [0.3, 0.4) is 0 Å². The number of carbonyl (C=O) groups excluding carboxylic acids is 2. The lowest BCUT2D eigenvalue weighted by Gasteiger charge is -2.39. The van der Waals surface area contributed by atoms with Crippen molar-refractivity contribution in [1.82, 2.24) is 20.4 Å². The molecule has 2 aliphatic carbocycles. The number of hydrogen-bond donors (Lipinski definition) is 2. The Morgan fingerprint density at radius 2 is 1.34 bits per heavy atom. The summed E-state index contributed by atoms with van der Waals surface area (Å²) < 4.78 is 0. The van der Waals surface area contributed by atoms with E-state index in [-0.39, 0.29) is 29.9 Å². The summed E-state index contributed by atoms with van der Waals surface area (Å²) in [6.45, 7) is 5.40. The molecular formula is C29H38N4O2. The molecule has 186 valence electrons. The molecule has 3 unspecified atom stereocenters. The number of piperazine rings is 1. The highest BCUT2D eigenvalue weighted by Crippen LogP contribution is 2.30. The van der Waals surface area contributed by atoms with Crippen molar-refractivity contribution >= 4 is 11.8 Å². The van der Waals surface area contributed by atoms with E-state index in [0.29, 0.717) is 13.1 Å². The average molecular weight is 475 g/mol. The standard InChI is InChI=1S/C29H38N4O2/c1-21-18-32(19-28(34)30-26-14-6-10-22-8-2-4-12-24(22)26)16-17-33(21)20-29(35)31-27-15-7-11-23-9-3-5-13-25(23)27/h2-5,8-9,12-13,21,26-27H,6-7,10-11,14-20H2,1H3,(H,30,34)(H,31,35). The highest BCUT2D eigenvalue weighted by Gasteiger charge is 2.29. The third-order valence-corrected chi connectivity index (χ3v) is 7.97. The molecule has 0 spiro atoms. The minimum atomic E-state index is 0.0979. The highest BCUT2D eigenvalue weighted by atomic mass is 16.2. The Bertz CT molecular complexity index is 1050. The zero-order valence-electron chi connectivity index (χ0n) is 20.8. The first kappa shape index (κ1) is 24.0. The molecule has 0 aromatic heterocycles. The molecule has 5 rings (SSSR count). The molecule has 35 heavy (non-hydrogen) atoms. The number of rotatable bonds is 6. The third kappa shape index (κ3) is 5.76. The van der Waals surface area contributed by atoms with Crippen molar-refractivity contribution in [2.75, 3.05) is 32.7 Å². The number of aryl methyl sites for hydroxylation is 2. The summed E-state index contributed by atoms with van der Waals surface area (Å²) in [6, 6.07) is 17.4. The molecular weight excluding hydrogens is 436 g/mol. The summed E-state index contributed by atoms with van der Waals surface area (Å²) in [5.41, 5.74) is 5.27. The number of benzene rings is 2.